The average molecular weight is 371 g/mol. The number of carbonyl (C=O) groups excluding carboxylic acids is 2. The topological polar surface area (TPSA) is 90.8 Å². The summed E-state index contributed by atoms with van der Waals surface area (Å²) >= 11 is 0. The van der Waals surface area contributed by atoms with E-state index in [4.69, 9.17) is 0 Å². The molecular formula is C19H25N5O3. The zero-order chi connectivity index (χ0) is 18.8. The van der Waals surface area contributed by atoms with Gasteiger partial charge in [-0.3, -0.25) is 9.59 Å². The fourth-order valence-electron chi connectivity index (χ4n) is 4.16. The Hall–Kier alpha value is -2.64. The van der Waals surface area contributed by atoms with Crippen molar-refractivity contribution in [2.45, 2.75) is 38.5 Å². The van der Waals surface area contributed by atoms with Crippen LogP contribution < -0.4 is 5.69 Å². The molecule has 0 spiro atoms. The van der Waals surface area contributed by atoms with Gasteiger partial charge in [0.25, 0.3) is 5.91 Å². The first-order valence-electron chi connectivity index (χ1n) is 9.75. The molecule has 144 valence electrons. The maximum atomic E-state index is 12.7. The van der Waals surface area contributed by atoms with Crippen molar-refractivity contribution in [2.24, 2.45) is 5.92 Å². The molecule has 27 heavy (non-hydrogen) atoms. The van der Waals surface area contributed by atoms with Crippen molar-refractivity contribution in [3.63, 3.8) is 0 Å². The van der Waals surface area contributed by atoms with E-state index in [1.54, 1.807) is 17.0 Å². The maximum Gasteiger partial charge on any atom is 0.347 e. The third kappa shape index (κ3) is 3.74. The SMILES string of the molecule is O=C(CCC1CCCC1)N1CCN(C(=O)c2ccc3n[nH]c(=O)n3c2)CC1. The van der Waals surface area contributed by atoms with Crippen molar-refractivity contribution < 1.29 is 9.59 Å². The summed E-state index contributed by atoms with van der Waals surface area (Å²) in [6.45, 7) is 2.19. The van der Waals surface area contributed by atoms with Gasteiger partial charge in [0.2, 0.25) is 5.91 Å². The van der Waals surface area contributed by atoms with E-state index >= 15 is 0 Å². The number of nitrogens with one attached hydrogen (secondary N) is 1. The summed E-state index contributed by atoms with van der Waals surface area (Å²) < 4.78 is 1.33. The molecule has 1 saturated carbocycles. The molecule has 8 nitrogen and oxygen atoms in total. The van der Waals surface area contributed by atoms with E-state index in [1.807, 2.05) is 4.90 Å². The van der Waals surface area contributed by atoms with Crippen LogP contribution in [0.4, 0.5) is 0 Å². The quantitative estimate of drug-likeness (QED) is 0.876. The first-order valence-corrected chi connectivity index (χ1v) is 9.75. The standard InChI is InChI=1S/C19H25N5O3/c25-17(8-5-14-3-1-2-4-14)22-9-11-23(12-10-22)18(26)15-6-7-16-20-21-19(27)24(16)13-15/h6-7,13-14H,1-5,8-12H2,(H,21,27). The minimum atomic E-state index is -0.364. The number of aromatic nitrogens is 3. The molecule has 0 bridgehead atoms. The van der Waals surface area contributed by atoms with Gasteiger partial charge in [0.05, 0.1) is 5.56 Å². The zero-order valence-electron chi connectivity index (χ0n) is 15.4. The van der Waals surface area contributed by atoms with Gasteiger partial charge in [-0.15, -0.1) is 0 Å². The second kappa shape index (κ2) is 7.54. The highest BCUT2D eigenvalue weighted by Gasteiger charge is 2.26. The smallest absolute Gasteiger partial charge is 0.339 e. The second-order valence-corrected chi connectivity index (χ2v) is 7.54. The Kier molecular flexibility index (Phi) is 4.96. The summed E-state index contributed by atoms with van der Waals surface area (Å²) in [5.74, 6) is 0.807. The summed E-state index contributed by atoms with van der Waals surface area (Å²) in [6.07, 6.45) is 8.27. The van der Waals surface area contributed by atoms with Gasteiger partial charge >= 0.3 is 5.69 Å². The molecule has 2 aromatic rings. The molecule has 2 fully saturated rings. The second-order valence-electron chi connectivity index (χ2n) is 7.54. The molecule has 4 rings (SSSR count). The number of hydrogen-bond acceptors (Lipinski definition) is 4. The number of amides is 2. The van der Waals surface area contributed by atoms with Gasteiger partial charge in [0.1, 0.15) is 0 Å². The number of fused-ring (bicyclic) bond motifs is 1. The summed E-state index contributed by atoms with van der Waals surface area (Å²) in [7, 11) is 0. The van der Waals surface area contributed by atoms with Crippen LogP contribution in [-0.2, 0) is 4.79 Å². The van der Waals surface area contributed by atoms with Gasteiger partial charge in [-0.05, 0) is 24.5 Å². The number of aromatic amines is 1. The molecule has 8 heteroatoms. The minimum absolute atomic E-state index is 0.122. The largest absolute Gasteiger partial charge is 0.347 e. The molecule has 1 N–H and O–H groups in total. The lowest BCUT2D eigenvalue weighted by molar-refractivity contribution is -0.133. The number of hydrogen-bond donors (Lipinski definition) is 1. The van der Waals surface area contributed by atoms with Gasteiger partial charge in [-0.25, -0.2) is 14.3 Å². The number of carbonyl (C=O) groups is 2. The summed E-state index contributed by atoms with van der Waals surface area (Å²) in [5.41, 5.74) is 0.568. The molecule has 1 aliphatic heterocycles. The summed E-state index contributed by atoms with van der Waals surface area (Å²) in [6, 6.07) is 3.32. The van der Waals surface area contributed by atoms with Gasteiger partial charge in [0, 0.05) is 38.8 Å². The van der Waals surface area contributed by atoms with E-state index in [1.165, 1.54) is 36.3 Å². The van der Waals surface area contributed by atoms with Crippen LogP contribution in [0.2, 0.25) is 0 Å². The number of piperazine rings is 1. The molecule has 1 aliphatic carbocycles. The Bertz CT molecular complexity index is 888. The van der Waals surface area contributed by atoms with Gasteiger partial charge in [0.15, 0.2) is 5.65 Å². The Morgan fingerprint density at radius 2 is 1.78 bits per heavy atom. The minimum Gasteiger partial charge on any atom is -0.339 e. The molecule has 2 aromatic heterocycles. The van der Waals surface area contributed by atoms with Crippen LogP contribution >= 0.6 is 0 Å². The normalized spacial score (nSPS) is 18.4. The summed E-state index contributed by atoms with van der Waals surface area (Å²) in [4.78, 5) is 40.5. The van der Waals surface area contributed by atoms with Crippen molar-refractivity contribution in [2.75, 3.05) is 26.2 Å². The molecule has 1 saturated heterocycles. The van der Waals surface area contributed by atoms with E-state index in [2.05, 4.69) is 10.2 Å². The van der Waals surface area contributed by atoms with Crippen molar-refractivity contribution in [3.8, 4) is 0 Å². The maximum absolute atomic E-state index is 12.7. The molecule has 0 unspecified atom stereocenters. The van der Waals surface area contributed by atoms with E-state index in [-0.39, 0.29) is 17.5 Å². The lowest BCUT2D eigenvalue weighted by atomic mass is 10.0. The molecule has 2 aliphatic rings. The van der Waals surface area contributed by atoms with Gasteiger partial charge in [-0.1, -0.05) is 25.7 Å². The number of nitrogens with zero attached hydrogens (tertiary/aromatic N) is 4. The molecule has 0 aromatic carbocycles. The first-order chi connectivity index (χ1) is 13.1. The Balaban J connectivity index is 1.32. The van der Waals surface area contributed by atoms with E-state index < -0.39 is 0 Å². The van der Waals surface area contributed by atoms with Crippen molar-refractivity contribution in [1.29, 1.82) is 0 Å². The first kappa shape index (κ1) is 17.8. The lowest BCUT2D eigenvalue weighted by Gasteiger charge is -2.35. The zero-order valence-corrected chi connectivity index (χ0v) is 15.4. The number of H-pyrrole nitrogens is 1. The van der Waals surface area contributed by atoms with Crippen LogP contribution in [0, 0.1) is 5.92 Å². The van der Waals surface area contributed by atoms with Crippen LogP contribution in [0.15, 0.2) is 23.1 Å². The third-order valence-corrected chi connectivity index (χ3v) is 5.82. The van der Waals surface area contributed by atoms with Crippen LogP contribution in [0.25, 0.3) is 5.65 Å². The lowest BCUT2D eigenvalue weighted by Crippen LogP contribution is -2.50. The Labute approximate surface area is 157 Å². The summed E-state index contributed by atoms with van der Waals surface area (Å²) in [5, 5.41) is 6.22. The highest BCUT2D eigenvalue weighted by molar-refractivity contribution is 5.94. The van der Waals surface area contributed by atoms with Crippen molar-refractivity contribution in [3.05, 3.63) is 34.4 Å². The van der Waals surface area contributed by atoms with Crippen LogP contribution in [0.1, 0.15) is 48.9 Å². The Morgan fingerprint density at radius 3 is 2.52 bits per heavy atom. The van der Waals surface area contributed by atoms with E-state index in [0.29, 0.717) is 43.8 Å². The monoisotopic (exact) mass is 371 g/mol. The Morgan fingerprint density at radius 1 is 1.07 bits per heavy atom. The number of pyridine rings is 1. The van der Waals surface area contributed by atoms with Crippen LogP contribution in [0.3, 0.4) is 0 Å². The van der Waals surface area contributed by atoms with Crippen molar-refractivity contribution >= 4 is 17.5 Å². The van der Waals surface area contributed by atoms with Gasteiger partial charge < -0.3 is 9.80 Å². The predicted octanol–water partition coefficient (Wildman–Crippen LogP) is 1.28. The van der Waals surface area contributed by atoms with E-state index in [9.17, 15) is 14.4 Å². The fourth-order valence-corrected chi connectivity index (χ4v) is 4.16. The highest BCUT2D eigenvalue weighted by atomic mass is 16.2. The highest BCUT2D eigenvalue weighted by Crippen LogP contribution is 2.28. The third-order valence-electron chi connectivity index (χ3n) is 5.82. The van der Waals surface area contributed by atoms with E-state index in [0.717, 1.165) is 12.3 Å². The van der Waals surface area contributed by atoms with Crippen molar-refractivity contribution in [1.82, 2.24) is 24.4 Å². The number of rotatable bonds is 4. The molecule has 3 heterocycles. The average Bonchev–Trinajstić information content (AvgIpc) is 3.35. The van der Waals surface area contributed by atoms with Crippen LogP contribution in [-0.4, -0.2) is 62.4 Å². The molecule has 2 amide bonds. The predicted molar refractivity (Wildman–Crippen MR) is 99.5 cm³/mol. The molecule has 0 radical (unpaired) electrons. The molecule has 0 atom stereocenters. The molecular weight excluding hydrogens is 346 g/mol. The fraction of sp³-hybridized carbons (Fsp3) is 0.579. The van der Waals surface area contributed by atoms with Gasteiger partial charge in [-0.2, -0.15) is 5.10 Å². The van der Waals surface area contributed by atoms with Crippen LogP contribution in [0.5, 0.6) is 0 Å².